The van der Waals surface area contributed by atoms with Crippen molar-refractivity contribution in [2.75, 3.05) is 26.9 Å². The van der Waals surface area contributed by atoms with Gasteiger partial charge in [0.25, 0.3) is 5.89 Å². The van der Waals surface area contributed by atoms with Gasteiger partial charge in [-0.2, -0.15) is 9.29 Å². The molecule has 28 heavy (non-hydrogen) atoms. The van der Waals surface area contributed by atoms with Crippen molar-refractivity contribution in [2.24, 2.45) is 0 Å². The van der Waals surface area contributed by atoms with Gasteiger partial charge in [-0.3, -0.25) is 0 Å². The van der Waals surface area contributed by atoms with E-state index in [-0.39, 0.29) is 24.9 Å². The largest absolute Gasteiger partial charge is 0.382 e. The first-order chi connectivity index (χ1) is 13.4. The molecule has 1 saturated heterocycles. The first-order valence-corrected chi connectivity index (χ1v) is 10.2. The minimum atomic E-state index is -4.28. The summed E-state index contributed by atoms with van der Waals surface area (Å²) in [6.07, 6.45) is 1.79. The van der Waals surface area contributed by atoms with E-state index in [2.05, 4.69) is 10.1 Å². The molecular weight excluding hydrogens is 396 g/mol. The second-order valence-corrected chi connectivity index (χ2v) is 8.15. The van der Waals surface area contributed by atoms with Gasteiger partial charge in [-0.25, -0.2) is 17.2 Å². The molecule has 0 saturated carbocycles. The van der Waals surface area contributed by atoms with Crippen LogP contribution in [0.5, 0.6) is 0 Å². The van der Waals surface area contributed by atoms with Crippen LogP contribution < -0.4 is 0 Å². The van der Waals surface area contributed by atoms with E-state index in [9.17, 15) is 17.2 Å². The van der Waals surface area contributed by atoms with E-state index in [4.69, 9.17) is 14.0 Å². The molecule has 3 rings (SSSR count). The van der Waals surface area contributed by atoms with Crippen LogP contribution in [0.4, 0.5) is 8.78 Å². The van der Waals surface area contributed by atoms with Gasteiger partial charge in [0.15, 0.2) is 5.82 Å². The Kier molecular flexibility index (Phi) is 6.70. The van der Waals surface area contributed by atoms with E-state index in [0.717, 1.165) is 22.9 Å². The molecule has 0 radical (unpaired) electrons. The van der Waals surface area contributed by atoms with Crippen molar-refractivity contribution in [1.29, 1.82) is 0 Å². The molecule has 1 aromatic heterocycles. The average Bonchev–Trinajstić information content (AvgIpc) is 3.16. The number of halogens is 2. The van der Waals surface area contributed by atoms with Crippen molar-refractivity contribution in [3.8, 4) is 0 Å². The zero-order chi connectivity index (χ0) is 20.1. The number of rotatable bonds is 8. The highest BCUT2D eigenvalue weighted by Crippen LogP contribution is 2.35. The predicted molar refractivity (Wildman–Crippen MR) is 92.7 cm³/mol. The summed E-state index contributed by atoms with van der Waals surface area (Å²) >= 11 is 0. The number of hydrogen-bond acceptors (Lipinski definition) is 7. The highest BCUT2D eigenvalue weighted by molar-refractivity contribution is 7.89. The van der Waals surface area contributed by atoms with Gasteiger partial charge >= 0.3 is 0 Å². The number of ether oxygens (including phenoxy) is 2. The first-order valence-electron chi connectivity index (χ1n) is 8.79. The lowest BCUT2D eigenvalue weighted by molar-refractivity contribution is 0.0494. The fourth-order valence-electron chi connectivity index (χ4n) is 3.02. The zero-order valence-electron chi connectivity index (χ0n) is 15.3. The second kappa shape index (κ2) is 9.03. The van der Waals surface area contributed by atoms with Gasteiger partial charge in [-0.15, -0.1) is 0 Å². The Morgan fingerprint density at radius 1 is 1.29 bits per heavy atom. The van der Waals surface area contributed by atoms with Gasteiger partial charge in [-0.1, -0.05) is 11.6 Å². The second-order valence-electron chi connectivity index (χ2n) is 6.29. The lowest BCUT2D eigenvalue weighted by atomic mass is 10.0. The van der Waals surface area contributed by atoms with E-state index in [1.807, 2.05) is 0 Å². The summed E-state index contributed by atoms with van der Waals surface area (Å²) in [6, 6.07) is 1.63. The van der Waals surface area contributed by atoms with E-state index in [1.54, 1.807) is 7.11 Å². The van der Waals surface area contributed by atoms with Crippen molar-refractivity contribution in [1.82, 2.24) is 14.4 Å². The molecule has 1 aliphatic heterocycles. The Labute approximate surface area is 161 Å². The molecule has 2 aromatic rings. The summed E-state index contributed by atoms with van der Waals surface area (Å²) in [4.78, 5) is 3.51. The third-order valence-electron chi connectivity index (χ3n) is 4.37. The third kappa shape index (κ3) is 4.54. The van der Waals surface area contributed by atoms with Gasteiger partial charge in [0.1, 0.15) is 23.1 Å². The van der Waals surface area contributed by atoms with Gasteiger partial charge in [0.05, 0.1) is 19.3 Å². The van der Waals surface area contributed by atoms with Crippen molar-refractivity contribution >= 4 is 10.0 Å². The quantitative estimate of drug-likeness (QED) is 0.609. The Morgan fingerprint density at radius 2 is 2.11 bits per heavy atom. The summed E-state index contributed by atoms with van der Waals surface area (Å²) in [5.41, 5.74) is 0. The van der Waals surface area contributed by atoms with E-state index >= 15 is 0 Å². The number of nitrogens with zero attached hydrogens (tertiary/aromatic N) is 3. The van der Waals surface area contributed by atoms with Crippen LogP contribution in [0.2, 0.25) is 0 Å². The molecule has 0 amide bonds. The van der Waals surface area contributed by atoms with Gasteiger partial charge in [0.2, 0.25) is 10.0 Å². The average molecular weight is 417 g/mol. The Bertz CT molecular complexity index is 906. The van der Waals surface area contributed by atoms with Crippen LogP contribution in [0.25, 0.3) is 0 Å². The minimum absolute atomic E-state index is 0.0638. The van der Waals surface area contributed by atoms with Gasteiger partial charge in [0, 0.05) is 13.7 Å². The number of sulfonamides is 1. The molecule has 0 bridgehead atoms. The number of methoxy groups -OCH3 is 1. The van der Waals surface area contributed by atoms with Crippen LogP contribution in [-0.2, 0) is 26.1 Å². The van der Waals surface area contributed by atoms with Gasteiger partial charge < -0.3 is 14.0 Å². The summed E-state index contributed by atoms with van der Waals surface area (Å²) < 4.78 is 70.0. The maximum Gasteiger partial charge on any atom is 0.252 e. The first kappa shape index (κ1) is 20.8. The van der Waals surface area contributed by atoms with E-state index in [0.29, 0.717) is 32.1 Å². The molecule has 1 atom stereocenters. The Hall–Kier alpha value is -1.95. The summed E-state index contributed by atoms with van der Waals surface area (Å²) in [6.45, 7) is 0.970. The Morgan fingerprint density at radius 3 is 2.89 bits per heavy atom. The fraction of sp³-hybridized carbons (Fsp3) is 0.529. The number of benzene rings is 1. The summed E-state index contributed by atoms with van der Waals surface area (Å²) in [7, 11) is -2.73. The molecule has 8 nitrogen and oxygen atoms in total. The molecule has 154 valence electrons. The van der Waals surface area contributed by atoms with Crippen molar-refractivity contribution in [3.63, 3.8) is 0 Å². The summed E-state index contributed by atoms with van der Waals surface area (Å²) in [5.74, 6) is -1.47. The number of piperidine rings is 1. The molecule has 11 heteroatoms. The summed E-state index contributed by atoms with van der Waals surface area (Å²) in [5, 5.41) is 3.86. The third-order valence-corrected chi connectivity index (χ3v) is 6.30. The molecule has 2 heterocycles. The molecule has 0 spiro atoms. The fourth-order valence-corrected chi connectivity index (χ4v) is 4.75. The smallest absolute Gasteiger partial charge is 0.252 e. The standard InChI is InChI=1S/C17H21F2N3O5S/c1-25-8-9-26-11-16-20-17(21-27-16)14-4-2-3-7-22(14)28(23,24)15-10-12(18)5-6-13(15)19/h5-6,10,14H,2-4,7-9,11H2,1H3. The molecule has 0 aliphatic carbocycles. The van der Waals surface area contributed by atoms with Crippen molar-refractivity contribution in [3.05, 3.63) is 41.5 Å². The molecule has 1 fully saturated rings. The zero-order valence-corrected chi connectivity index (χ0v) is 16.1. The van der Waals surface area contributed by atoms with Crippen LogP contribution >= 0.6 is 0 Å². The number of hydrogen-bond donors (Lipinski definition) is 0. The lowest BCUT2D eigenvalue weighted by Gasteiger charge is -2.32. The maximum atomic E-state index is 14.1. The van der Waals surface area contributed by atoms with Gasteiger partial charge in [-0.05, 0) is 31.0 Å². The topological polar surface area (TPSA) is 94.8 Å². The minimum Gasteiger partial charge on any atom is -0.382 e. The highest BCUT2D eigenvalue weighted by atomic mass is 32.2. The lowest BCUT2D eigenvalue weighted by Crippen LogP contribution is -2.39. The van der Waals surface area contributed by atoms with E-state index in [1.165, 1.54) is 0 Å². The monoisotopic (exact) mass is 417 g/mol. The van der Waals surface area contributed by atoms with Crippen LogP contribution in [0.3, 0.4) is 0 Å². The van der Waals surface area contributed by atoms with Crippen LogP contribution in [0.15, 0.2) is 27.6 Å². The predicted octanol–water partition coefficient (Wildman–Crippen LogP) is 2.43. The van der Waals surface area contributed by atoms with Crippen LogP contribution in [-0.4, -0.2) is 49.7 Å². The molecule has 1 aromatic carbocycles. The SMILES string of the molecule is COCCOCc1nc(C2CCCCN2S(=O)(=O)c2cc(F)ccc2F)no1. The highest BCUT2D eigenvalue weighted by Gasteiger charge is 2.38. The molecular formula is C17H21F2N3O5S. The molecule has 0 N–H and O–H groups in total. The van der Waals surface area contributed by atoms with E-state index < -0.39 is 32.6 Å². The maximum absolute atomic E-state index is 14.1. The molecule has 1 unspecified atom stereocenters. The van der Waals surface area contributed by atoms with Crippen molar-refractivity contribution < 1.29 is 31.2 Å². The molecule has 1 aliphatic rings. The van der Waals surface area contributed by atoms with Crippen LogP contribution in [0.1, 0.15) is 37.0 Å². The number of aromatic nitrogens is 2. The van der Waals surface area contributed by atoms with Crippen molar-refractivity contribution in [2.45, 2.75) is 36.8 Å². The Balaban J connectivity index is 1.83. The normalized spacial score (nSPS) is 18.5. The van der Waals surface area contributed by atoms with Crippen LogP contribution in [0, 0.1) is 11.6 Å².